The van der Waals surface area contributed by atoms with Crippen LogP contribution in [0.2, 0.25) is 0 Å². The van der Waals surface area contributed by atoms with Gasteiger partial charge in [-0.05, 0) is 43.9 Å². The van der Waals surface area contributed by atoms with Crippen LogP contribution in [0.5, 0.6) is 5.75 Å². The first-order valence-corrected chi connectivity index (χ1v) is 10.6. The lowest BCUT2D eigenvalue weighted by Gasteiger charge is -2.18. The van der Waals surface area contributed by atoms with Gasteiger partial charge in [-0.25, -0.2) is 0 Å². The number of oxime groups is 1. The number of carbonyl (C=O) groups is 1. The van der Waals surface area contributed by atoms with Gasteiger partial charge < -0.3 is 24.9 Å². The molecule has 1 fully saturated rings. The molecule has 7 nitrogen and oxygen atoms in total. The predicted octanol–water partition coefficient (Wildman–Crippen LogP) is 3.41. The van der Waals surface area contributed by atoms with Crippen LogP contribution in [0.25, 0.3) is 0 Å². The zero-order valence-electron chi connectivity index (χ0n) is 18.2. The van der Waals surface area contributed by atoms with E-state index >= 15 is 0 Å². The number of aliphatic hydroxyl groups is 2. The van der Waals surface area contributed by atoms with Crippen molar-refractivity contribution in [3.63, 3.8) is 0 Å². The summed E-state index contributed by atoms with van der Waals surface area (Å²) in [6, 6.07) is 7.59. The van der Waals surface area contributed by atoms with Crippen LogP contribution in [-0.4, -0.2) is 53.0 Å². The third-order valence-electron chi connectivity index (χ3n) is 5.39. The molecule has 0 spiro atoms. The molecule has 1 aliphatic rings. The minimum absolute atomic E-state index is 0.103. The first kappa shape index (κ1) is 24.6. The van der Waals surface area contributed by atoms with Crippen molar-refractivity contribution in [2.24, 2.45) is 17.0 Å². The molecule has 2 rings (SSSR count). The van der Waals surface area contributed by atoms with Gasteiger partial charge in [-0.2, -0.15) is 0 Å². The molecule has 0 aliphatic heterocycles. The molecule has 0 aromatic heterocycles. The topological polar surface area (TPSA) is 109 Å². The van der Waals surface area contributed by atoms with Gasteiger partial charge in [0.15, 0.2) is 0 Å². The molecule has 1 aliphatic carbocycles. The summed E-state index contributed by atoms with van der Waals surface area (Å²) in [5.74, 6) is 0.0485. The Bertz CT molecular complexity index is 788. The molecule has 31 heavy (non-hydrogen) atoms. The van der Waals surface area contributed by atoms with E-state index in [0.717, 1.165) is 12.0 Å². The summed E-state index contributed by atoms with van der Waals surface area (Å²) >= 11 is 0. The van der Waals surface area contributed by atoms with Crippen molar-refractivity contribution < 1.29 is 29.7 Å². The average Bonchev–Trinajstić information content (AvgIpc) is 3.07. The van der Waals surface area contributed by atoms with Crippen LogP contribution in [0, 0.1) is 18.8 Å². The number of benzene rings is 1. The quantitative estimate of drug-likeness (QED) is 0.163. The lowest BCUT2D eigenvalue weighted by atomic mass is 9.90. The zero-order valence-corrected chi connectivity index (χ0v) is 18.2. The SMILES string of the molecule is COC(=O)CCC/C=C\C[C@@H]1C(/C=C/[C@@H](O)COc2cccc(C)c2)/C(=N\O)C[C@@H]1O. The Hall–Kier alpha value is -2.64. The van der Waals surface area contributed by atoms with E-state index in [4.69, 9.17) is 4.74 Å². The number of nitrogens with zero attached hydrogens (tertiary/aromatic N) is 1. The summed E-state index contributed by atoms with van der Waals surface area (Å²) in [7, 11) is 1.37. The van der Waals surface area contributed by atoms with Gasteiger partial charge in [-0.3, -0.25) is 4.79 Å². The summed E-state index contributed by atoms with van der Waals surface area (Å²) in [5.41, 5.74) is 1.58. The molecule has 1 saturated carbocycles. The van der Waals surface area contributed by atoms with Crippen LogP contribution in [0.3, 0.4) is 0 Å². The molecule has 0 amide bonds. The molecule has 7 heteroatoms. The Morgan fingerprint density at radius 3 is 2.87 bits per heavy atom. The third kappa shape index (κ3) is 8.19. The van der Waals surface area contributed by atoms with Crippen LogP contribution >= 0.6 is 0 Å². The van der Waals surface area contributed by atoms with E-state index in [1.807, 2.05) is 43.3 Å². The normalized spacial score (nSPS) is 23.6. The smallest absolute Gasteiger partial charge is 0.305 e. The van der Waals surface area contributed by atoms with E-state index in [-0.39, 0.29) is 24.4 Å². The van der Waals surface area contributed by atoms with Crippen molar-refractivity contribution in [1.29, 1.82) is 0 Å². The standard InChI is InChI=1S/C24H33NO6/c1-17-8-7-9-19(14-17)31-16-18(26)12-13-20-21(23(27)15-22(20)25-29)10-5-3-4-6-11-24(28)30-2/h3,5,7-9,12-14,18,20-21,23,26-27,29H,4,6,10-11,15-16H2,1-2H3/b5-3-,13-12+,25-22-/t18-,20?,21-,23+/m1/s1. The first-order chi connectivity index (χ1) is 14.9. The van der Waals surface area contributed by atoms with Gasteiger partial charge >= 0.3 is 5.97 Å². The largest absolute Gasteiger partial charge is 0.491 e. The van der Waals surface area contributed by atoms with E-state index in [0.29, 0.717) is 37.1 Å². The highest BCUT2D eigenvalue weighted by Crippen LogP contribution is 2.34. The van der Waals surface area contributed by atoms with Crippen LogP contribution in [0.15, 0.2) is 53.7 Å². The fraction of sp³-hybridized carbons (Fsp3) is 0.500. The molecule has 0 radical (unpaired) electrons. The maximum atomic E-state index is 11.1. The molecule has 1 aromatic carbocycles. The second-order valence-electron chi connectivity index (χ2n) is 7.81. The third-order valence-corrected chi connectivity index (χ3v) is 5.39. The monoisotopic (exact) mass is 431 g/mol. The van der Waals surface area contributed by atoms with Crippen LogP contribution < -0.4 is 4.74 Å². The lowest BCUT2D eigenvalue weighted by Crippen LogP contribution is -2.20. The van der Waals surface area contributed by atoms with Crippen LogP contribution in [0.4, 0.5) is 0 Å². The molecule has 0 saturated heterocycles. The lowest BCUT2D eigenvalue weighted by molar-refractivity contribution is -0.140. The second kappa shape index (κ2) is 12.9. The number of allylic oxidation sites excluding steroid dienone is 3. The van der Waals surface area contributed by atoms with Crippen molar-refractivity contribution in [1.82, 2.24) is 0 Å². The number of hydrogen-bond donors (Lipinski definition) is 3. The van der Waals surface area contributed by atoms with Gasteiger partial charge in [0.05, 0.1) is 18.9 Å². The summed E-state index contributed by atoms with van der Waals surface area (Å²) in [6.07, 6.45) is 8.63. The number of aliphatic hydroxyl groups excluding tert-OH is 2. The highest BCUT2D eigenvalue weighted by atomic mass is 16.5. The number of carbonyl (C=O) groups excluding carboxylic acids is 1. The van der Waals surface area contributed by atoms with E-state index in [1.165, 1.54) is 7.11 Å². The second-order valence-corrected chi connectivity index (χ2v) is 7.81. The van der Waals surface area contributed by atoms with E-state index < -0.39 is 12.2 Å². The fourth-order valence-corrected chi connectivity index (χ4v) is 3.68. The van der Waals surface area contributed by atoms with Gasteiger partial charge in [-0.1, -0.05) is 41.6 Å². The highest BCUT2D eigenvalue weighted by Gasteiger charge is 2.38. The van der Waals surface area contributed by atoms with Gasteiger partial charge in [0.1, 0.15) is 18.5 Å². The van der Waals surface area contributed by atoms with Crippen LogP contribution in [-0.2, 0) is 9.53 Å². The van der Waals surface area contributed by atoms with E-state index in [1.54, 1.807) is 12.2 Å². The minimum Gasteiger partial charge on any atom is -0.491 e. The molecule has 170 valence electrons. The first-order valence-electron chi connectivity index (χ1n) is 10.6. The zero-order chi connectivity index (χ0) is 22.6. The van der Waals surface area contributed by atoms with Gasteiger partial charge in [-0.15, -0.1) is 0 Å². The Labute approximate surface area is 183 Å². The number of rotatable bonds is 11. The van der Waals surface area contributed by atoms with Crippen molar-refractivity contribution >= 4 is 11.7 Å². The van der Waals surface area contributed by atoms with Crippen LogP contribution in [0.1, 0.15) is 37.7 Å². The number of methoxy groups -OCH3 is 1. The summed E-state index contributed by atoms with van der Waals surface area (Å²) < 4.78 is 10.2. The molecule has 1 aromatic rings. The van der Waals surface area contributed by atoms with Gasteiger partial charge in [0, 0.05) is 24.7 Å². The van der Waals surface area contributed by atoms with E-state index in [9.17, 15) is 20.2 Å². The molecule has 4 atom stereocenters. The number of unbranched alkanes of at least 4 members (excludes halogenated alkanes) is 1. The molecule has 0 heterocycles. The minimum atomic E-state index is -0.826. The maximum absolute atomic E-state index is 11.1. The number of ether oxygens (including phenoxy) is 2. The Balaban J connectivity index is 1.88. The Morgan fingerprint density at radius 1 is 1.35 bits per heavy atom. The Morgan fingerprint density at radius 2 is 2.16 bits per heavy atom. The van der Waals surface area contributed by atoms with E-state index in [2.05, 4.69) is 9.89 Å². The molecule has 0 bridgehead atoms. The molecular weight excluding hydrogens is 398 g/mol. The summed E-state index contributed by atoms with van der Waals surface area (Å²) in [6.45, 7) is 2.07. The summed E-state index contributed by atoms with van der Waals surface area (Å²) in [5, 5.41) is 33.3. The molecule has 1 unspecified atom stereocenters. The molecule has 3 N–H and O–H groups in total. The Kier molecular flexibility index (Phi) is 10.3. The van der Waals surface area contributed by atoms with Crippen molar-refractivity contribution in [3.05, 3.63) is 54.1 Å². The number of esters is 1. The van der Waals surface area contributed by atoms with Crippen molar-refractivity contribution in [2.45, 2.75) is 51.2 Å². The van der Waals surface area contributed by atoms with Crippen molar-refractivity contribution in [3.8, 4) is 5.75 Å². The predicted molar refractivity (Wildman–Crippen MR) is 118 cm³/mol. The molecular formula is C24H33NO6. The number of hydrogen-bond acceptors (Lipinski definition) is 7. The number of aryl methyl sites for hydroxylation is 1. The van der Waals surface area contributed by atoms with Gasteiger partial charge in [0.25, 0.3) is 0 Å². The fourth-order valence-electron chi connectivity index (χ4n) is 3.68. The van der Waals surface area contributed by atoms with Crippen molar-refractivity contribution in [2.75, 3.05) is 13.7 Å². The maximum Gasteiger partial charge on any atom is 0.305 e. The summed E-state index contributed by atoms with van der Waals surface area (Å²) in [4.78, 5) is 11.1. The van der Waals surface area contributed by atoms with Gasteiger partial charge in [0.2, 0.25) is 0 Å². The highest BCUT2D eigenvalue weighted by molar-refractivity contribution is 5.90. The average molecular weight is 432 g/mol.